The fourth-order valence-electron chi connectivity index (χ4n) is 2.73. The SMILES string of the molecule is CC(C)(C)NC(=O)N1CCN(c2nc(Cc3ccc(Cl)cc3)ns2)CC1. The third kappa shape index (κ3) is 5.08. The minimum atomic E-state index is -0.218. The molecule has 0 spiro atoms. The Balaban J connectivity index is 1.54. The van der Waals surface area contributed by atoms with E-state index in [4.69, 9.17) is 11.6 Å². The summed E-state index contributed by atoms with van der Waals surface area (Å²) in [5.74, 6) is 0.820. The van der Waals surface area contributed by atoms with Crippen LogP contribution in [0.5, 0.6) is 0 Å². The third-order valence-corrected chi connectivity index (χ3v) is 5.12. The molecule has 0 atom stereocenters. The van der Waals surface area contributed by atoms with E-state index in [2.05, 4.69) is 19.6 Å². The molecule has 8 heteroatoms. The summed E-state index contributed by atoms with van der Waals surface area (Å²) in [7, 11) is 0. The molecule has 0 aliphatic carbocycles. The third-order valence-electron chi connectivity index (χ3n) is 4.05. The lowest BCUT2D eigenvalue weighted by Gasteiger charge is -2.36. The maximum Gasteiger partial charge on any atom is 0.317 e. The molecule has 0 radical (unpaired) electrons. The van der Waals surface area contributed by atoms with Gasteiger partial charge >= 0.3 is 6.03 Å². The van der Waals surface area contributed by atoms with Crippen molar-refractivity contribution in [1.29, 1.82) is 0 Å². The van der Waals surface area contributed by atoms with Crippen molar-refractivity contribution in [1.82, 2.24) is 19.6 Å². The Morgan fingerprint density at radius 1 is 1.19 bits per heavy atom. The Morgan fingerprint density at radius 2 is 1.85 bits per heavy atom. The van der Waals surface area contributed by atoms with E-state index in [1.54, 1.807) is 0 Å². The van der Waals surface area contributed by atoms with Gasteiger partial charge in [-0.1, -0.05) is 23.7 Å². The fraction of sp³-hybridized carbons (Fsp3) is 0.500. The number of urea groups is 1. The monoisotopic (exact) mass is 393 g/mol. The molecule has 1 aliphatic rings. The van der Waals surface area contributed by atoms with Crippen LogP contribution in [-0.2, 0) is 6.42 Å². The van der Waals surface area contributed by atoms with Crippen molar-refractivity contribution in [3.63, 3.8) is 0 Å². The van der Waals surface area contributed by atoms with E-state index in [-0.39, 0.29) is 11.6 Å². The van der Waals surface area contributed by atoms with Gasteiger partial charge in [0.25, 0.3) is 0 Å². The zero-order valence-corrected chi connectivity index (χ0v) is 16.9. The lowest BCUT2D eigenvalue weighted by atomic mass is 10.1. The van der Waals surface area contributed by atoms with Gasteiger partial charge in [-0.25, -0.2) is 9.78 Å². The normalized spacial score (nSPS) is 15.2. The van der Waals surface area contributed by atoms with E-state index in [1.807, 2.05) is 49.9 Å². The highest BCUT2D eigenvalue weighted by atomic mass is 35.5. The van der Waals surface area contributed by atoms with Crippen molar-refractivity contribution in [2.24, 2.45) is 0 Å². The van der Waals surface area contributed by atoms with Crippen LogP contribution < -0.4 is 10.2 Å². The number of rotatable bonds is 3. The topological polar surface area (TPSA) is 61.4 Å². The van der Waals surface area contributed by atoms with E-state index in [1.165, 1.54) is 11.5 Å². The number of aromatic nitrogens is 2. The van der Waals surface area contributed by atoms with Crippen LogP contribution in [0.2, 0.25) is 5.02 Å². The largest absolute Gasteiger partial charge is 0.343 e. The number of anilines is 1. The molecule has 2 heterocycles. The van der Waals surface area contributed by atoms with Crippen LogP contribution in [0, 0.1) is 0 Å². The predicted octanol–water partition coefficient (Wildman–Crippen LogP) is 3.41. The second-order valence-corrected chi connectivity index (χ2v) is 8.62. The minimum absolute atomic E-state index is 0.00200. The smallest absolute Gasteiger partial charge is 0.317 e. The molecule has 1 aromatic heterocycles. The van der Waals surface area contributed by atoms with E-state index < -0.39 is 0 Å². The van der Waals surface area contributed by atoms with Gasteiger partial charge in [-0.15, -0.1) is 0 Å². The molecule has 140 valence electrons. The van der Waals surface area contributed by atoms with Crippen molar-refractivity contribution >= 4 is 34.3 Å². The first-order chi connectivity index (χ1) is 12.3. The van der Waals surface area contributed by atoms with Gasteiger partial charge in [0.1, 0.15) is 5.82 Å². The average molecular weight is 394 g/mol. The second kappa shape index (κ2) is 7.80. The standard InChI is InChI=1S/C18H24ClN5OS/c1-18(2,3)21-16(25)23-8-10-24(11-9-23)17-20-15(22-26-17)12-13-4-6-14(19)7-5-13/h4-7H,8-12H2,1-3H3,(H,21,25). The Kier molecular flexibility index (Phi) is 5.67. The van der Waals surface area contributed by atoms with Crippen LogP contribution in [0.15, 0.2) is 24.3 Å². The summed E-state index contributed by atoms with van der Waals surface area (Å²) in [5, 5.41) is 4.66. The molecule has 1 N–H and O–H groups in total. The Labute approximate surface area is 163 Å². The molecule has 0 unspecified atom stereocenters. The highest BCUT2D eigenvalue weighted by Crippen LogP contribution is 2.21. The number of carbonyl (C=O) groups is 1. The maximum absolute atomic E-state index is 12.2. The zero-order chi connectivity index (χ0) is 18.7. The molecule has 2 aromatic rings. The minimum Gasteiger partial charge on any atom is -0.343 e. The predicted molar refractivity (Wildman–Crippen MR) is 106 cm³/mol. The number of nitrogens with zero attached hydrogens (tertiary/aromatic N) is 4. The first kappa shape index (κ1) is 18.9. The van der Waals surface area contributed by atoms with Crippen molar-refractivity contribution in [3.05, 3.63) is 40.7 Å². The number of hydrogen-bond acceptors (Lipinski definition) is 5. The average Bonchev–Trinajstić information content (AvgIpc) is 3.04. The molecule has 1 fully saturated rings. The van der Waals surface area contributed by atoms with E-state index in [9.17, 15) is 4.79 Å². The number of nitrogens with one attached hydrogen (secondary N) is 1. The van der Waals surface area contributed by atoms with E-state index in [0.717, 1.165) is 34.6 Å². The van der Waals surface area contributed by atoms with Crippen molar-refractivity contribution in [2.45, 2.75) is 32.7 Å². The molecular weight excluding hydrogens is 370 g/mol. The molecule has 26 heavy (non-hydrogen) atoms. The van der Waals surface area contributed by atoms with Gasteiger partial charge in [0, 0.05) is 54.7 Å². The molecule has 2 amide bonds. The van der Waals surface area contributed by atoms with Gasteiger partial charge in [0.2, 0.25) is 5.13 Å². The zero-order valence-electron chi connectivity index (χ0n) is 15.3. The Bertz CT molecular complexity index is 748. The van der Waals surface area contributed by atoms with Crippen LogP contribution in [0.1, 0.15) is 32.2 Å². The van der Waals surface area contributed by atoms with E-state index >= 15 is 0 Å². The summed E-state index contributed by atoms with van der Waals surface area (Å²) in [5.41, 5.74) is 0.923. The van der Waals surface area contributed by atoms with Crippen LogP contribution in [-0.4, -0.2) is 52.0 Å². The molecule has 0 saturated carbocycles. The maximum atomic E-state index is 12.2. The first-order valence-electron chi connectivity index (χ1n) is 8.69. The van der Waals surface area contributed by atoms with Gasteiger partial charge in [-0.05, 0) is 38.5 Å². The first-order valence-corrected chi connectivity index (χ1v) is 9.84. The lowest BCUT2D eigenvalue weighted by Crippen LogP contribution is -2.55. The van der Waals surface area contributed by atoms with Gasteiger partial charge in [-0.2, -0.15) is 4.37 Å². The number of benzene rings is 1. The van der Waals surface area contributed by atoms with Crippen LogP contribution in [0.25, 0.3) is 0 Å². The van der Waals surface area contributed by atoms with Crippen LogP contribution in [0.4, 0.5) is 9.93 Å². The van der Waals surface area contributed by atoms with Crippen LogP contribution in [0.3, 0.4) is 0 Å². The highest BCUT2D eigenvalue weighted by Gasteiger charge is 2.25. The summed E-state index contributed by atoms with van der Waals surface area (Å²) in [6.07, 6.45) is 0.696. The Hall–Kier alpha value is -1.86. The van der Waals surface area contributed by atoms with Crippen molar-refractivity contribution < 1.29 is 4.79 Å². The number of hydrogen-bond donors (Lipinski definition) is 1. The van der Waals surface area contributed by atoms with Crippen LogP contribution >= 0.6 is 23.1 Å². The van der Waals surface area contributed by atoms with Gasteiger partial charge < -0.3 is 15.1 Å². The Morgan fingerprint density at radius 3 is 2.46 bits per heavy atom. The van der Waals surface area contributed by atoms with Crippen molar-refractivity contribution in [2.75, 3.05) is 31.1 Å². The molecule has 3 rings (SSSR count). The van der Waals surface area contributed by atoms with Gasteiger partial charge in [0.05, 0.1) is 0 Å². The number of piperazine rings is 1. The number of carbonyl (C=O) groups excluding carboxylic acids is 1. The molecule has 0 bridgehead atoms. The van der Waals surface area contributed by atoms with Crippen molar-refractivity contribution in [3.8, 4) is 0 Å². The van der Waals surface area contributed by atoms with E-state index in [0.29, 0.717) is 19.5 Å². The fourth-order valence-corrected chi connectivity index (χ4v) is 3.59. The quantitative estimate of drug-likeness (QED) is 0.867. The number of halogens is 1. The summed E-state index contributed by atoms with van der Waals surface area (Å²) < 4.78 is 4.47. The highest BCUT2D eigenvalue weighted by molar-refractivity contribution is 7.09. The van der Waals surface area contributed by atoms with Gasteiger partial charge in [-0.3, -0.25) is 0 Å². The molecule has 1 saturated heterocycles. The molecule has 1 aliphatic heterocycles. The lowest BCUT2D eigenvalue weighted by molar-refractivity contribution is 0.185. The summed E-state index contributed by atoms with van der Waals surface area (Å²) in [6.45, 7) is 8.89. The molecule has 1 aromatic carbocycles. The summed E-state index contributed by atoms with van der Waals surface area (Å²) in [6, 6.07) is 7.75. The van der Waals surface area contributed by atoms with Gasteiger partial charge in [0.15, 0.2) is 0 Å². The molecular formula is C18H24ClN5OS. The number of amides is 2. The summed E-state index contributed by atoms with van der Waals surface area (Å²) >= 11 is 7.34. The molecule has 6 nitrogen and oxygen atoms in total. The second-order valence-electron chi connectivity index (χ2n) is 7.45. The summed E-state index contributed by atoms with van der Waals surface area (Å²) in [4.78, 5) is 21.0.